The average Bonchev–Trinajstić information content (AvgIpc) is 3.07. The van der Waals surface area contributed by atoms with Crippen LogP contribution in [0.4, 0.5) is 5.69 Å². The Labute approximate surface area is 189 Å². The van der Waals surface area contributed by atoms with E-state index in [4.69, 9.17) is 4.74 Å². The molecule has 2 aromatic carbocycles. The van der Waals surface area contributed by atoms with E-state index in [1.165, 1.54) is 5.56 Å². The van der Waals surface area contributed by atoms with Gasteiger partial charge in [-0.2, -0.15) is 5.10 Å². The van der Waals surface area contributed by atoms with Gasteiger partial charge in [0.15, 0.2) is 0 Å². The maximum Gasteiger partial charge on any atom is 0.257 e. The summed E-state index contributed by atoms with van der Waals surface area (Å²) in [4.78, 5) is 17.5. The molecule has 0 saturated carbocycles. The minimum absolute atomic E-state index is 0.209. The SMILES string of the molecule is CCn1nc(C)c(CCN=C(NC(=O)c2cccc(C)c2)Nc2ccc(OC)cc2)c1C. The molecule has 0 aliphatic rings. The number of amides is 1. The van der Waals surface area contributed by atoms with E-state index in [0.717, 1.165) is 41.4 Å². The van der Waals surface area contributed by atoms with Gasteiger partial charge in [-0.1, -0.05) is 17.7 Å². The van der Waals surface area contributed by atoms with Crippen molar-refractivity contribution in [2.45, 2.75) is 40.7 Å². The third-order valence-corrected chi connectivity index (χ3v) is 5.33. The predicted octanol–water partition coefficient (Wildman–Crippen LogP) is 4.28. The lowest BCUT2D eigenvalue weighted by Crippen LogP contribution is -2.36. The third-order valence-electron chi connectivity index (χ3n) is 5.33. The van der Waals surface area contributed by atoms with E-state index in [1.54, 1.807) is 13.2 Å². The Morgan fingerprint density at radius 3 is 2.50 bits per heavy atom. The smallest absolute Gasteiger partial charge is 0.257 e. The van der Waals surface area contributed by atoms with Crippen LogP contribution in [0.2, 0.25) is 0 Å². The number of benzene rings is 2. The highest BCUT2D eigenvalue weighted by Gasteiger charge is 2.12. The molecule has 0 fully saturated rings. The number of rotatable bonds is 7. The van der Waals surface area contributed by atoms with Gasteiger partial charge in [0.05, 0.1) is 12.8 Å². The molecule has 7 heteroatoms. The first kappa shape index (κ1) is 23.1. The number of hydrogen-bond donors (Lipinski definition) is 2. The predicted molar refractivity (Wildman–Crippen MR) is 129 cm³/mol. The van der Waals surface area contributed by atoms with E-state index in [1.807, 2.05) is 61.0 Å². The highest BCUT2D eigenvalue weighted by molar-refractivity contribution is 6.10. The Kier molecular flexibility index (Phi) is 7.65. The molecular formula is C25H31N5O2. The molecule has 0 bridgehead atoms. The van der Waals surface area contributed by atoms with E-state index in [2.05, 4.69) is 34.6 Å². The number of anilines is 1. The number of nitrogens with one attached hydrogen (secondary N) is 2. The van der Waals surface area contributed by atoms with Gasteiger partial charge in [0, 0.05) is 30.0 Å². The Morgan fingerprint density at radius 1 is 1.12 bits per heavy atom. The number of carbonyl (C=O) groups excluding carboxylic acids is 1. The highest BCUT2D eigenvalue weighted by Crippen LogP contribution is 2.16. The average molecular weight is 434 g/mol. The Balaban J connectivity index is 1.78. The van der Waals surface area contributed by atoms with Crippen molar-refractivity contribution in [1.29, 1.82) is 0 Å². The minimum Gasteiger partial charge on any atom is -0.497 e. The van der Waals surface area contributed by atoms with E-state index in [0.29, 0.717) is 18.1 Å². The maximum atomic E-state index is 12.8. The number of aromatic nitrogens is 2. The zero-order valence-electron chi connectivity index (χ0n) is 19.4. The molecule has 0 saturated heterocycles. The number of methoxy groups -OCH3 is 1. The van der Waals surface area contributed by atoms with Crippen molar-refractivity contribution in [3.8, 4) is 5.75 Å². The number of aryl methyl sites for hydroxylation is 3. The first-order valence-corrected chi connectivity index (χ1v) is 10.8. The maximum absolute atomic E-state index is 12.8. The molecule has 1 aromatic heterocycles. The summed E-state index contributed by atoms with van der Waals surface area (Å²) in [6, 6.07) is 14.9. The molecule has 2 N–H and O–H groups in total. The van der Waals surface area contributed by atoms with Gasteiger partial charge in [0.2, 0.25) is 5.96 Å². The molecule has 7 nitrogen and oxygen atoms in total. The lowest BCUT2D eigenvalue weighted by Gasteiger charge is -2.13. The van der Waals surface area contributed by atoms with Gasteiger partial charge in [-0.05, 0) is 76.1 Å². The number of ether oxygens (including phenoxy) is 1. The molecule has 0 aliphatic heterocycles. The lowest BCUT2D eigenvalue weighted by atomic mass is 10.1. The van der Waals surface area contributed by atoms with Crippen LogP contribution in [0.3, 0.4) is 0 Å². The first-order valence-electron chi connectivity index (χ1n) is 10.8. The van der Waals surface area contributed by atoms with Crippen LogP contribution < -0.4 is 15.4 Å². The van der Waals surface area contributed by atoms with Crippen molar-refractivity contribution in [3.05, 3.63) is 76.6 Å². The number of aliphatic imine (C=N–C) groups is 1. The summed E-state index contributed by atoms with van der Waals surface area (Å²) in [5.41, 5.74) is 5.80. The second-order valence-electron chi connectivity index (χ2n) is 7.62. The fraction of sp³-hybridized carbons (Fsp3) is 0.320. The van der Waals surface area contributed by atoms with Gasteiger partial charge < -0.3 is 10.1 Å². The largest absolute Gasteiger partial charge is 0.497 e. The molecule has 1 amide bonds. The van der Waals surface area contributed by atoms with Crippen LogP contribution in [0.1, 0.15) is 39.8 Å². The van der Waals surface area contributed by atoms with E-state index in [-0.39, 0.29) is 5.91 Å². The van der Waals surface area contributed by atoms with Gasteiger partial charge in [0.1, 0.15) is 5.75 Å². The fourth-order valence-electron chi connectivity index (χ4n) is 3.57. The van der Waals surface area contributed by atoms with Crippen LogP contribution in [0.25, 0.3) is 0 Å². The van der Waals surface area contributed by atoms with Gasteiger partial charge in [-0.25, -0.2) is 0 Å². The zero-order chi connectivity index (χ0) is 23.1. The molecule has 168 valence electrons. The molecule has 3 rings (SSSR count). The van der Waals surface area contributed by atoms with Crippen LogP contribution in [0, 0.1) is 20.8 Å². The summed E-state index contributed by atoms with van der Waals surface area (Å²) in [6.07, 6.45) is 0.742. The molecule has 3 aromatic rings. The zero-order valence-corrected chi connectivity index (χ0v) is 19.4. The van der Waals surface area contributed by atoms with Crippen molar-refractivity contribution >= 4 is 17.6 Å². The molecule has 0 atom stereocenters. The quantitative estimate of drug-likeness (QED) is 0.431. The molecule has 0 radical (unpaired) electrons. The summed E-state index contributed by atoms with van der Waals surface area (Å²) in [6.45, 7) is 9.50. The number of guanidine groups is 1. The summed E-state index contributed by atoms with van der Waals surface area (Å²) < 4.78 is 7.22. The fourth-order valence-corrected chi connectivity index (χ4v) is 3.57. The van der Waals surface area contributed by atoms with Crippen LogP contribution >= 0.6 is 0 Å². The normalized spacial score (nSPS) is 11.3. The Bertz CT molecular complexity index is 1100. The molecule has 32 heavy (non-hydrogen) atoms. The summed E-state index contributed by atoms with van der Waals surface area (Å²) in [5.74, 6) is 0.955. The summed E-state index contributed by atoms with van der Waals surface area (Å²) in [5, 5.41) is 10.7. The monoisotopic (exact) mass is 433 g/mol. The van der Waals surface area contributed by atoms with Gasteiger partial charge in [-0.3, -0.25) is 19.8 Å². The number of hydrogen-bond acceptors (Lipinski definition) is 4. The molecule has 1 heterocycles. The number of carbonyl (C=O) groups is 1. The van der Waals surface area contributed by atoms with Gasteiger partial charge in [-0.15, -0.1) is 0 Å². The van der Waals surface area contributed by atoms with Crippen molar-refractivity contribution in [1.82, 2.24) is 15.1 Å². The van der Waals surface area contributed by atoms with Crippen LogP contribution in [-0.2, 0) is 13.0 Å². The van der Waals surface area contributed by atoms with Crippen LogP contribution in [-0.4, -0.2) is 35.3 Å². The minimum atomic E-state index is -0.209. The molecule has 0 unspecified atom stereocenters. The highest BCUT2D eigenvalue weighted by atomic mass is 16.5. The van der Waals surface area contributed by atoms with Crippen LogP contribution in [0.5, 0.6) is 5.75 Å². The lowest BCUT2D eigenvalue weighted by molar-refractivity contribution is 0.0977. The Morgan fingerprint density at radius 2 is 1.88 bits per heavy atom. The van der Waals surface area contributed by atoms with Crippen molar-refractivity contribution in [2.75, 3.05) is 19.0 Å². The Hall–Kier alpha value is -3.61. The van der Waals surface area contributed by atoms with Crippen molar-refractivity contribution in [2.24, 2.45) is 4.99 Å². The first-order chi connectivity index (χ1) is 15.4. The third kappa shape index (κ3) is 5.75. The van der Waals surface area contributed by atoms with Crippen molar-refractivity contribution < 1.29 is 9.53 Å². The summed E-state index contributed by atoms with van der Waals surface area (Å²) >= 11 is 0. The second kappa shape index (κ2) is 10.6. The van der Waals surface area contributed by atoms with Gasteiger partial charge in [0.25, 0.3) is 5.91 Å². The van der Waals surface area contributed by atoms with E-state index < -0.39 is 0 Å². The van der Waals surface area contributed by atoms with E-state index in [9.17, 15) is 4.79 Å². The second-order valence-corrected chi connectivity index (χ2v) is 7.62. The molecular weight excluding hydrogens is 402 g/mol. The van der Waals surface area contributed by atoms with Crippen molar-refractivity contribution in [3.63, 3.8) is 0 Å². The standard InChI is InChI=1S/C25H31N5O2/c1-6-30-19(4)23(18(3)29-30)14-15-26-25(27-21-10-12-22(32-5)13-11-21)28-24(31)20-9-7-8-17(2)16-20/h7-13,16H,6,14-15H2,1-5H3,(H2,26,27,28,31). The molecule has 0 spiro atoms. The van der Waals surface area contributed by atoms with Gasteiger partial charge >= 0.3 is 0 Å². The van der Waals surface area contributed by atoms with E-state index >= 15 is 0 Å². The topological polar surface area (TPSA) is 80.5 Å². The summed E-state index contributed by atoms with van der Waals surface area (Å²) in [7, 11) is 1.63. The molecule has 0 aliphatic carbocycles. The van der Waals surface area contributed by atoms with Crippen LogP contribution in [0.15, 0.2) is 53.5 Å². The number of nitrogens with zero attached hydrogens (tertiary/aromatic N) is 3.